The lowest BCUT2D eigenvalue weighted by Gasteiger charge is -2.20. The van der Waals surface area contributed by atoms with Gasteiger partial charge in [0, 0.05) is 6.61 Å². The molecule has 0 radical (unpaired) electrons. The molecular weight excluding hydrogens is 224 g/mol. The molecule has 2 nitrogen and oxygen atoms in total. The minimum Gasteiger partial charge on any atom is -0.386 e. The van der Waals surface area contributed by atoms with Gasteiger partial charge >= 0.3 is 0 Å². The monoisotopic (exact) mass is 250 g/mol. The highest BCUT2D eigenvalue weighted by Crippen LogP contribution is 2.19. The maximum Gasteiger partial charge on any atom is 0.105 e. The van der Waals surface area contributed by atoms with Crippen LogP contribution in [0.5, 0.6) is 0 Å². The van der Waals surface area contributed by atoms with Gasteiger partial charge in [-0.2, -0.15) is 0 Å². The zero-order valence-corrected chi connectivity index (χ0v) is 12.0. The van der Waals surface area contributed by atoms with Crippen molar-refractivity contribution in [2.75, 3.05) is 6.61 Å². The van der Waals surface area contributed by atoms with Crippen LogP contribution in [0.1, 0.15) is 50.8 Å². The van der Waals surface area contributed by atoms with Crippen molar-refractivity contribution in [1.82, 2.24) is 0 Å². The average Bonchev–Trinajstić information content (AvgIpc) is 2.34. The number of ether oxygens (including phenoxy) is 1. The number of rotatable bonds is 7. The molecule has 0 spiro atoms. The van der Waals surface area contributed by atoms with Crippen LogP contribution in [0.3, 0.4) is 0 Å². The Bertz CT molecular complexity index is 329. The molecule has 2 heteroatoms. The van der Waals surface area contributed by atoms with Crippen molar-refractivity contribution in [2.24, 2.45) is 5.92 Å². The van der Waals surface area contributed by atoms with E-state index < -0.39 is 6.10 Å². The summed E-state index contributed by atoms with van der Waals surface area (Å²) in [6.45, 7) is 9.12. The van der Waals surface area contributed by atoms with Gasteiger partial charge in [-0.05, 0) is 38.2 Å². The van der Waals surface area contributed by atoms with Crippen molar-refractivity contribution in [1.29, 1.82) is 0 Å². The van der Waals surface area contributed by atoms with Crippen molar-refractivity contribution >= 4 is 0 Å². The number of aliphatic hydroxyl groups is 1. The van der Waals surface area contributed by atoms with Crippen molar-refractivity contribution in [3.63, 3.8) is 0 Å². The van der Waals surface area contributed by atoms with Crippen LogP contribution in [0, 0.1) is 12.8 Å². The SMILES string of the molecule is Cc1ccc(C(O)C(C)OCCCC(C)C)cc1. The second kappa shape index (κ2) is 7.55. The number of aryl methyl sites for hydroxylation is 1. The summed E-state index contributed by atoms with van der Waals surface area (Å²) in [5, 5.41) is 10.2. The first kappa shape index (κ1) is 15.2. The first-order chi connectivity index (χ1) is 8.50. The van der Waals surface area contributed by atoms with Crippen LogP contribution in [-0.4, -0.2) is 17.8 Å². The fourth-order valence-corrected chi connectivity index (χ4v) is 1.89. The van der Waals surface area contributed by atoms with Crippen LogP contribution in [0.25, 0.3) is 0 Å². The first-order valence-electron chi connectivity index (χ1n) is 6.87. The molecule has 0 saturated carbocycles. The molecule has 0 aromatic heterocycles. The molecule has 18 heavy (non-hydrogen) atoms. The molecule has 0 saturated heterocycles. The Labute approximate surface area is 111 Å². The molecule has 0 bridgehead atoms. The molecule has 0 heterocycles. The van der Waals surface area contributed by atoms with Gasteiger partial charge in [0.25, 0.3) is 0 Å². The fourth-order valence-electron chi connectivity index (χ4n) is 1.89. The van der Waals surface area contributed by atoms with Crippen LogP contribution < -0.4 is 0 Å². The lowest BCUT2D eigenvalue weighted by molar-refractivity contribution is -0.0296. The van der Waals surface area contributed by atoms with E-state index >= 15 is 0 Å². The molecular formula is C16H26O2. The van der Waals surface area contributed by atoms with Crippen molar-refractivity contribution < 1.29 is 9.84 Å². The summed E-state index contributed by atoms with van der Waals surface area (Å²) in [5.74, 6) is 0.714. The summed E-state index contributed by atoms with van der Waals surface area (Å²) in [5.41, 5.74) is 2.13. The van der Waals surface area contributed by atoms with E-state index in [2.05, 4.69) is 13.8 Å². The van der Waals surface area contributed by atoms with Gasteiger partial charge in [0.15, 0.2) is 0 Å². The second-order valence-corrected chi connectivity index (χ2v) is 5.47. The Morgan fingerprint density at radius 2 is 1.72 bits per heavy atom. The zero-order chi connectivity index (χ0) is 13.5. The lowest BCUT2D eigenvalue weighted by atomic mass is 10.0. The third kappa shape index (κ3) is 5.19. The molecule has 0 aliphatic heterocycles. The smallest absolute Gasteiger partial charge is 0.105 e. The highest BCUT2D eigenvalue weighted by Gasteiger charge is 2.16. The highest BCUT2D eigenvalue weighted by molar-refractivity contribution is 5.23. The van der Waals surface area contributed by atoms with Gasteiger partial charge in [-0.3, -0.25) is 0 Å². The van der Waals surface area contributed by atoms with Crippen molar-refractivity contribution in [3.8, 4) is 0 Å². The van der Waals surface area contributed by atoms with Crippen LogP contribution in [0.4, 0.5) is 0 Å². The maximum atomic E-state index is 10.2. The van der Waals surface area contributed by atoms with Crippen LogP contribution in [0.2, 0.25) is 0 Å². The van der Waals surface area contributed by atoms with Gasteiger partial charge < -0.3 is 9.84 Å². The predicted molar refractivity (Wildman–Crippen MR) is 75.6 cm³/mol. The van der Waals surface area contributed by atoms with Gasteiger partial charge in [-0.15, -0.1) is 0 Å². The Balaban J connectivity index is 2.36. The summed E-state index contributed by atoms with van der Waals surface area (Å²) < 4.78 is 5.69. The quantitative estimate of drug-likeness (QED) is 0.744. The molecule has 102 valence electrons. The van der Waals surface area contributed by atoms with Crippen LogP contribution in [0.15, 0.2) is 24.3 Å². The van der Waals surface area contributed by atoms with E-state index in [1.165, 1.54) is 12.0 Å². The zero-order valence-electron chi connectivity index (χ0n) is 12.0. The van der Waals surface area contributed by atoms with E-state index in [4.69, 9.17) is 4.74 Å². The predicted octanol–water partition coefficient (Wildman–Crippen LogP) is 3.87. The topological polar surface area (TPSA) is 29.5 Å². The Hall–Kier alpha value is -0.860. The summed E-state index contributed by atoms with van der Waals surface area (Å²) in [6.07, 6.45) is 1.54. The summed E-state index contributed by atoms with van der Waals surface area (Å²) in [4.78, 5) is 0. The molecule has 0 aliphatic rings. The minimum atomic E-state index is -0.537. The van der Waals surface area contributed by atoms with Crippen molar-refractivity contribution in [2.45, 2.75) is 52.7 Å². The summed E-state index contributed by atoms with van der Waals surface area (Å²) in [7, 11) is 0. The van der Waals surface area contributed by atoms with E-state index in [1.54, 1.807) is 0 Å². The second-order valence-electron chi connectivity index (χ2n) is 5.47. The minimum absolute atomic E-state index is 0.153. The molecule has 1 rings (SSSR count). The molecule has 1 N–H and O–H groups in total. The lowest BCUT2D eigenvalue weighted by Crippen LogP contribution is -2.19. The molecule has 0 aliphatic carbocycles. The van der Waals surface area contributed by atoms with E-state index in [0.717, 1.165) is 18.6 Å². The molecule has 0 fully saturated rings. The summed E-state index contributed by atoms with van der Waals surface area (Å²) in [6, 6.07) is 7.97. The molecule has 0 amide bonds. The molecule has 2 atom stereocenters. The number of benzene rings is 1. The maximum absolute atomic E-state index is 10.2. The third-order valence-electron chi connectivity index (χ3n) is 3.17. The van der Waals surface area contributed by atoms with E-state index in [1.807, 2.05) is 38.1 Å². The van der Waals surface area contributed by atoms with Crippen molar-refractivity contribution in [3.05, 3.63) is 35.4 Å². The normalized spacial score (nSPS) is 14.8. The number of hydrogen-bond acceptors (Lipinski definition) is 2. The third-order valence-corrected chi connectivity index (χ3v) is 3.17. The number of aliphatic hydroxyl groups excluding tert-OH is 1. The highest BCUT2D eigenvalue weighted by atomic mass is 16.5. The van der Waals surface area contributed by atoms with Gasteiger partial charge in [-0.1, -0.05) is 43.7 Å². The van der Waals surface area contributed by atoms with Gasteiger partial charge in [0.2, 0.25) is 0 Å². The Morgan fingerprint density at radius 3 is 2.28 bits per heavy atom. The average molecular weight is 250 g/mol. The standard InChI is InChI=1S/C16H26O2/c1-12(2)6-5-11-18-14(4)16(17)15-9-7-13(3)8-10-15/h7-10,12,14,16-17H,5-6,11H2,1-4H3. The number of hydrogen-bond donors (Lipinski definition) is 1. The first-order valence-corrected chi connectivity index (χ1v) is 6.87. The van der Waals surface area contributed by atoms with Gasteiger partial charge in [-0.25, -0.2) is 0 Å². The largest absolute Gasteiger partial charge is 0.386 e. The van der Waals surface area contributed by atoms with Crippen LogP contribution >= 0.6 is 0 Å². The van der Waals surface area contributed by atoms with Crippen LogP contribution in [-0.2, 0) is 4.74 Å². The Morgan fingerprint density at radius 1 is 1.11 bits per heavy atom. The summed E-state index contributed by atoms with van der Waals surface area (Å²) >= 11 is 0. The molecule has 2 unspecified atom stereocenters. The van der Waals surface area contributed by atoms with E-state index in [0.29, 0.717) is 5.92 Å². The van der Waals surface area contributed by atoms with E-state index in [9.17, 15) is 5.11 Å². The molecule has 1 aromatic carbocycles. The van der Waals surface area contributed by atoms with E-state index in [-0.39, 0.29) is 6.10 Å². The Kier molecular flexibility index (Phi) is 6.37. The molecule has 1 aromatic rings. The fraction of sp³-hybridized carbons (Fsp3) is 0.625. The van der Waals surface area contributed by atoms with Gasteiger partial charge in [0.05, 0.1) is 6.10 Å². The van der Waals surface area contributed by atoms with Gasteiger partial charge in [0.1, 0.15) is 6.10 Å².